The van der Waals surface area contributed by atoms with Gasteiger partial charge in [0.2, 0.25) is 0 Å². The van der Waals surface area contributed by atoms with Gasteiger partial charge in [-0.1, -0.05) is 11.6 Å². The summed E-state index contributed by atoms with van der Waals surface area (Å²) in [6, 6.07) is 1.44. The number of hydrogen-bond donors (Lipinski definition) is 1. The molecule has 7 heteroatoms. The van der Waals surface area contributed by atoms with Crippen molar-refractivity contribution in [2.24, 2.45) is 0 Å². The summed E-state index contributed by atoms with van der Waals surface area (Å²) in [5, 5.41) is 8.75. The van der Waals surface area contributed by atoms with Crippen molar-refractivity contribution in [3.63, 3.8) is 0 Å². The van der Waals surface area contributed by atoms with Crippen molar-refractivity contribution < 1.29 is 19.4 Å². The first-order chi connectivity index (χ1) is 7.61. The number of halogens is 1. The molecule has 0 atom stereocenters. The minimum atomic E-state index is -0.988. The van der Waals surface area contributed by atoms with Crippen LogP contribution in [0.3, 0.4) is 0 Å². The highest BCUT2D eigenvalue weighted by Gasteiger charge is 2.07. The molecule has 0 unspecified atom stereocenters. The van der Waals surface area contributed by atoms with E-state index < -0.39 is 5.97 Å². The molecular formula is C9H11ClN2O4. The third-order valence-corrected chi connectivity index (χ3v) is 1.77. The van der Waals surface area contributed by atoms with Gasteiger partial charge >= 0.3 is 12.0 Å². The lowest BCUT2D eigenvalue weighted by atomic mass is 10.3. The zero-order valence-electron chi connectivity index (χ0n) is 8.64. The fourth-order valence-corrected chi connectivity index (χ4v) is 1.17. The van der Waals surface area contributed by atoms with E-state index in [1.807, 2.05) is 0 Å². The number of aromatic nitrogens is 2. The molecule has 0 amide bonds. The third-order valence-electron chi connectivity index (χ3n) is 1.58. The van der Waals surface area contributed by atoms with Crippen LogP contribution in [0.4, 0.5) is 0 Å². The van der Waals surface area contributed by atoms with Crippen LogP contribution in [0.1, 0.15) is 5.69 Å². The molecule has 6 nitrogen and oxygen atoms in total. The molecule has 0 aromatic carbocycles. The summed E-state index contributed by atoms with van der Waals surface area (Å²) in [4.78, 5) is 18.2. The molecule has 16 heavy (non-hydrogen) atoms. The Bertz CT molecular complexity index is 373. The Balaban J connectivity index is 2.69. The number of carboxylic acid groups (broad SMARTS) is 1. The average Bonchev–Trinajstić information content (AvgIpc) is 2.16. The molecule has 0 aliphatic heterocycles. The molecule has 0 saturated carbocycles. The molecule has 1 aromatic rings. The molecule has 1 heterocycles. The van der Waals surface area contributed by atoms with Gasteiger partial charge in [-0.05, 0) is 6.07 Å². The highest BCUT2D eigenvalue weighted by Crippen LogP contribution is 2.12. The minimum absolute atomic E-state index is 0.0563. The largest absolute Gasteiger partial charge is 0.481 e. The van der Waals surface area contributed by atoms with Gasteiger partial charge in [0.25, 0.3) is 0 Å². The molecule has 0 radical (unpaired) electrons. The first kappa shape index (κ1) is 12.7. The van der Waals surface area contributed by atoms with Crippen molar-refractivity contribution in [2.75, 3.05) is 20.3 Å². The zero-order chi connectivity index (χ0) is 12.0. The van der Waals surface area contributed by atoms with Crippen molar-refractivity contribution in [3.05, 3.63) is 16.9 Å². The summed E-state index contributed by atoms with van der Waals surface area (Å²) in [5.41, 5.74) is 0.305. The van der Waals surface area contributed by atoms with Gasteiger partial charge in [-0.25, -0.2) is 0 Å². The van der Waals surface area contributed by atoms with Crippen molar-refractivity contribution in [1.29, 1.82) is 0 Å². The van der Waals surface area contributed by atoms with Crippen LogP contribution < -0.4 is 4.74 Å². The fourth-order valence-electron chi connectivity index (χ4n) is 0.968. The van der Waals surface area contributed by atoms with Crippen LogP contribution in [0.2, 0.25) is 5.15 Å². The lowest BCUT2D eigenvalue weighted by Crippen LogP contribution is -2.09. The normalized spacial score (nSPS) is 10.1. The first-order valence-corrected chi connectivity index (χ1v) is 4.86. The number of nitrogens with zero attached hydrogens (tertiary/aromatic N) is 2. The van der Waals surface area contributed by atoms with Crippen molar-refractivity contribution >= 4 is 17.6 Å². The molecule has 1 aromatic heterocycles. The predicted molar refractivity (Wildman–Crippen MR) is 55.8 cm³/mol. The Labute approximate surface area is 97.2 Å². The molecule has 1 rings (SSSR count). The maximum atomic E-state index is 10.5. The monoisotopic (exact) mass is 246 g/mol. The van der Waals surface area contributed by atoms with Gasteiger partial charge < -0.3 is 14.6 Å². The van der Waals surface area contributed by atoms with Crippen LogP contribution in [0.15, 0.2) is 6.07 Å². The zero-order valence-corrected chi connectivity index (χ0v) is 9.40. The van der Waals surface area contributed by atoms with Gasteiger partial charge in [-0.2, -0.15) is 9.97 Å². The van der Waals surface area contributed by atoms with Crippen LogP contribution in [-0.4, -0.2) is 41.4 Å². The Morgan fingerprint density at radius 1 is 1.50 bits per heavy atom. The van der Waals surface area contributed by atoms with E-state index in [1.54, 1.807) is 0 Å². The van der Waals surface area contributed by atoms with Gasteiger partial charge in [0.1, 0.15) is 11.8 Å². The predicted octanol–water partition coefficient (Wildman–Crippen LogP) is 0.782. The third kappa shape index (κ3) is 4.41. The number of methoxy groups -OCH3 is 1. The van der Waals surface area contributed by atoms with E-state index in [0.29, 0.717) is 12.3 Å². The van der Waals surface area contributed by atoms with E-state index >= 15 is 0 Å². The molecule has 1 N–H and O–H groups in total. The van der Waals surface area contributed by atoms with E-state index in [4.69, 9.17) is 26.2 Å². The van der Waals surface area contributed by atoms with Crippen LogP contribution in [0.25, 0.3) is 0 Å². The summed E-state index contributed by atoms with van der Waals surface area (Å²) in [5.74, 6) is -0.988. The summed E-state index contributed by atoms with van der Waals surface area (Å²) < 4.78 is 9.91. The number of ether oxygens (including phenoxy) is 2. The van der Waals surface area contributed by atoms with Crippen LogP contribution >= 0.6 is 11.6 Å². The topological polar surface area (TPSA) is 81.5 Å². The average molecular weight is 247 g/mol. The molecule has 0 bridgehead atoms. The van der Waals surface area contributed by atoms with E-state index in [0.717, 1.165) is 0 Å². The summed E-state index contributed by atoms with van der Waals surface area (Å²) in [6.07, 6.45) is -0.219. The highest BCUT2D eigenvalue weighted by molar-refractivity contribution is 6.29. The van der Waals surface area contributed by atoms with Crippen LogP contribution in [0.5, 0.6) is 6.01 Å². The lowest BCUT2D eigenvalue weighted by molar-refractivity contribution is -0.136. The quantitative estimate of drug-likeness (QED) is 0.590. The summed E-state index contributed by atoms with van der Waals surface area (Å²) in [7, 11) is 1.54. The molecule has 88 valence electrons. The second-order valence-electron chi connectivity index (χ2n) is 2.88. The summed E-state index contributed by atoms with van der Waals surface area (Å²) >= 11 is 5.69. The van der Waals surface area contributed by atoms with Gasteiger partial charge in [0.15, 0.2) is 0 Å². The van der Waals surface area contributed by atoms with E-state index in [-0.39, 0.29) is 24.2 Å². The molecule has 0 aliphatic rings. The van der Waals surface area contributed by atoms with Gasteiger partial charge in [0, 0.05) is 7.11 Å². The fraction of sp³-hybridized carbons (Fsp3) is 0.444. The van der Waals surface area contributed by atoms with E-state index in [2.05, 4.69) is 9.97 Å². The summed E-state index contributed by atoms with van der Waals surface area (Å²) in [6.45, 7) is 0.674. The van der Waals surface area contributed by atoms with E-state index in [1.165, 1.54) is 13.2 Å². The second-order valence-corrected chi connectivity index (χ2v) is 3.26. The first-order valence-electron chi connectivity index (χ1n) is 4.49. The van der Waals surface area contributed by atoms with Crippen LogP contribution in [0, 0.1) is 0 Å². The van der Waals surface area contributed by atoms with Crippen molar-refractivity contribution in [3.8, 4) is 6.01 Å². The van der Waals surface area contributed by atoms with Gasteiger partial charge in [-0.3, -0.25) is 4.79 Å². The van der Waals surface area contributed by atoms with Crippen molar-refractivity contribution in [1.82, 2.24) is 9.97 Å². The standard InChI is InChI=1S/C9H11ClN2O4/c1-15-2-3-16-9-11-6(5-8(13)14)4-7(10)12-9/h4H,2-3,5H2,1H3,(H,13,14). The number of aliphatic carboxylic acids is 1. The Hall–Kier alpha value is -1.40. The van der Waals surface area contributed by atoms with Gasteiger partial charge in [-0.15, -0.1) is 0 Å². The smallest absolute Gasteiger partial charge is 0.318 e. The van der Waals surface area contributed by atoms with Gasteiger partial charge in [0.05, 0.1) is 18.7 Å². The maximum absolute atomic E-state index is 10.5. The SMILES string of the molecule is COCCOc1nc(Cl)cc(CC(=O)O)n1. The van der Waals surface area contributed by atoms with Crippen molar-refractivity contribution in [2.45, 2.75) is 6.42 Å². The molecule has 0 fully saturated rings. The number of hydrogen-bond acceptors (Lipinski definition) is 5. The Kier molecular flexibility index (Phi) is 4.94. The second kappa shape index (κ2) is 6.24. The minimum Gasteiger partial charge on any atom is -0.481 e. The number of carboxylic acids is 1. The molecule has 0 aliphatic carbocycles. The maximum Gasteiger partial charge on any atom is 0.318 e. The van der Waals surface area contributed by atoms with Crippen LogP contribution in [-0.2, 0) is 16.0 Å². The number of rotatable bonds is 6. The Morgan fingerprint density at radius 3 is 2.88 bits per heavy atom. The molecule has 0 spiro atoms. The number of carbonyl (C=O) groups is 1. The lowest BCUT2D eigenvalue weighted by Gasteiger charge is -2.05. The molecular weight excluding hydrogens is 236 g/mol. The van der Waals surface area contributed by atoms with E-state index in [9.17, 15) is 4.79 Å². The Morgan fingerprint density at radius 2 is 2.25 bits per heavy atom. The molecule has 0 saturated heterocycles. The highest BCUT2D eigenvalue weighted by atomic mass is 35.5.